The zero-order valence-corrected chi connectivity index (χ0v) is 11.2. The van der Waals surface area contributed by atoms with Crippen LogP contribution in [0.2, 0.25) is 0 Å². The lowest BCUT2D eigenvalue weighted by molar-refractivity contribution is 0.0689. The summed E-state index contributed by atoms with van der Waals surface area (Å²) >= 11 is 0. The Morgan fingerprint density at radius 3 is 2.52 bits per heavy atom. The fourth-order valence-corrected chi connectivity index (χ4v) is 2.92. The summed E-state index contributed by atoms with van der Waals surface area (Å²) in [6, 6.07) is 17.6. The van der Waals surface area contributed by atoms with E-state index in [1.165, 1.54) is 0 Å². The molecule has 0 fully saturated rings. The van der Waals surface area contributed by atoms with Crippen LogP contribution in [0.3, 0.4) is 0 Å². The number of aromatic nitrogens is 2. The number of carbonyl (C=O) groups is 1. The van der Waals surface area contributed by atoms with Gasteiger partial charge >= 0.3 is 5.97 Å². The average Bonchev–Trinajstić information content (AvgIpc) is 3.05. The van der Waals surface area contributed by atoms with Crippen LogP contribution < -0.4 is 0 Å². The van der Waals surface area contributed by atoms with Crippen LogP contribution >= 0.6 is 0 Å². The molecule has 0 saturated heterocycles. The van der Waals surface area contributed by atoms with E-state index < -0.39 is 5.97 Å². The molecule has 1 aliphatic rings. The number of aromatic carboxylic acids is 1. The summed E-state index contributed by atoms with van der Waals surface area (Å²) in [7, 11) is 0. The highest BCUT2D eigenvalue weighted by atomic mass is 16.4. The number of carboxylic acids is 1. The standard InChI is InChI=1S/C17H12N2O2/c20-17(21)15-14-10-11-6-4-5-9-13(11)16(14)19(18-15)12-7-2-1-3-8-12/h1-9H,10H2,(H,20,21). The molecule has 2 aromatic carbocycles. The van der Waals surface area contributed by atoms with Crippen LogP contribution in [0.25, 0.3) is 16.9 Å². The summed E-state index contributed by atoms with van der Waals surface area (Å²) < 4.78 is 1.74. The Labute approximate surface area is 121 Å². The number of para-hydroxylation sites is 1. The highest BCUT2D eigenvalue weighted by Gasteiger charge is 2.30. The molecule has 102 valence electrons. The van der Waals surface area contributed by atoms with Gasteiger partial charge in [-0.25, -0.2) is 9.48 Å². The van der Waals surface area contributed by atoms with Crippen molar-refractivity contribution in [1.82, 2.24) is 9.78 Å². The van der Waals surface area contributed by atoms with Crippen LogP contribution in [0, 0.1) is 0 Å². The molecule has 0 amide bonds. The second kappa shape index (κ2) is 4.31. The predicted molar refractivity (Wildman–Crippen MR) is 78.8 cm³/mol. The highest BCUT2D eigenvalue weighted by Crippen LogP contribution is 2.39. The molecule has 0 saturated carbocycles. The van der Waals surface area contributed by atoms with Crippen molar-refractivity contribution in [1.29, 1.82) is 0 Å². The predicted octanol–water partition coefficient (Wildman–Crippen LogP) is 3.14. The monoisotopic (exact) mass is 276 g/mol. The van der Waals surface area contributed by atoms with Crippen molar-refractivity contribution in [3.05, 3.63) is 71.4 Å². The third kappa shape index (κ3) is 1.69. The molecule has 0 radical (unpaired) electrons. The lowest BCUT2D eigenvalue weighted by atomic mass is 10.1. The van der Waals surface area contributed by atoms with Crippen molar-refractivity contribution in [2.24, 2.45) is 0 Å². The molecule has 0 spiro atoms. The third-order valence-corrected chi connectivity index (χ3v) is 3.83. The van der Waals surface area contributed by atoms with Crippen LogP contribution in [0.1, 0.15) is 21.6 Å². The summed E-state index contributed by atoms with van der Waals surface area (Å²) in [5, 5.41) is 13.7. The normalized spacial score (nSPS) is 12.0. The molecule has 0 aliphatic heterocycles. The summed E-state index contributed by atoms with van der Waals surface area (Å²) in [6.07, 6.45) is 0.625. The Morgan fingerprint density at radius 1 is 1.05 bits per heavy atom. The van der Waals surface area contributed by atoms with Crippen LogP contribution in [-0.2, 0) is 6.42 Å². The van der Waals surface area contributed by atoms with Crippen molar-refractivity contribution in [2.75, 3.05) is 0 Å². The molecule has 21 heavy (non-hydrogen) atoms. The van der Waals surface area contributed by atoms with E-state index in [2.05, 4.69) is 5.10 Å². The largest absolute Gasteiger partial charge is 0.476 e. The number of benzene rings is 2. The molecule has 1 heterocycles. The zero-order chi connectivity index (χ0) is 14.4. The maximum absolute atomic E-state index is 11.5. The van der Waals surface area contributed by atoms with Gasteiger partial charge in [-0.05, 0) is 17.7 Å². The maximum Gasteiger partial charge on any atom is 0.356 e. The molecule has 1 aromatic heterocycles. The van der Waals surface area contributed by atoms with Gasteiger partial charge in [-0.15, -0.1) is 0 Å². The Balaban J connectivity index is 2.03. The Bertz CT molecular complexity index is 850. The SMILES string of the molecule is O=C(O)c1nn(-c2ccccc2)c2c1Cc1ccccc1-2. The van der Waals surface area contributed by atoms with E-state index in [0.717, 1.165) is 28.1 Å². The molecule has 1 N–H and O–H groups in total. The van der Waals surface area contributed by atoms with Crippen molar-refractivity contribution in [2.45, 2.75) is 6.42 Å². The quantitative estimate of drug-likeness (QED) is 0.612. The van der Waals surface area contributed by atoms with Crippen molar-refractivity contribution in [3.8, 4) is 16.9 Å². The number of rotatable bonds is 2. The molecule has 0 unspecified atom stereocenters. The molecule has 0 atom stereocenters. The minimum atomic E-state index is -0.978. The zero-order valence-electron chi connectivity index (χ0n) is 11.2. The number of fused-ring (bicyclic) bond motifs is 3. The Kier molecular flexibility index (Phi) is 2.44. The fraction of sp³-hybridized carbons (Fsp3) is 0.0588. The lowest BCUT2D eigenvalue weighted by Crippen LogP contribution is -2.04. The fourth-order valence-electron chi connectivity index (χ4n) is 2.92. The smallest absolute Gasteiger partial charge is 0.356 e. The van der Waals surface area contributed by atoms with Gasteiger partial charge in [0.1, 0.15) is 0 Å². The van der Waals surface area contributed by atoms with E-state index >= 15 is 0 Å². The van der Waals surface area contributed by atoms with Gasteiger partial charge in [0.2, 0.25) is 0 Å². The topological polar surface area (TPSA) is 55.1 Å². The van der Waals surface area contributed by atoms with Gasteiger partial charge in [-0.1, -0.05) is 42.5 Å². The molecular formula is C17H12N2O2. The van der Waals surface area contributed by atoms with Gasteiger partial charge in [0.05, 0.1) is 11.4 Å². The Hall–Kier alpha value is -2.88. The number of carboxylic acid groups (broad SMARTS) is 1. The van der Waals surface area contributed by atoms with Gasteiger partial charge in [0.15, 0.2) is 5.69 Å². The van der Waals surface area contributed by atoms with Gasteiger partial charge in [0.25, 0.3) is 0 Å². The Morgan fingerprint density at radius 2 is 1.76 bits per heavy atom. The van der Waals surface area contributed by atoms with E-state index in [0.29, 0.717) is 6.42 Å². The first-order valence-electron chi connectivity index (χ1n) is 6.74. The van der Waals surface area contributed by atoms with Gasteiger partial charge in [0, 0.05) is 17.5 Å². The van der Waals surface area contributed by atoms with Gasteiger partial charge in [-0.3, -0.25) is 0 Å². The average molecular weight is 276 g/mol. The van der Waals surface area contributed by atoms with Gasteiger partial charge < -0.3 is 5.11 Å². The van der Waals surface area contributed by atoms with Crippen molar-refractivity contribution in [3.63, 3.8) is 0 Å². The molecule has 3 aromatic rings. The molecule has 4 nitrogen and oxygen atoms in total. The van der Waals surface area contributed by atoms with Crippen LogP contribution in [-0.4, -0.2) is 20.9 Å². The molecular weight excluding hydrogens is 264 g/mol. The molecule has 4 rings (SSSR count). The van der Waals surface area contributed by atoms with E-state index in [4.69, 9.17) is 0 Å². The number of hydrogen-bond donors (Lipinski definition) is 1. The summed E-state index contributed by atoms with van der Waals surface area (Å²) in [6.45, 7) is 0. The van der Waals surface area contributed by atoms with Crippen molar-refractivity contribution >= 4 is 5.97 Å². The second-order valence-corrected chi connectivity index (χ2v) is 5.06. The molecule has 4 heteroatoms. The minimum Gasteiger partial charge on any atom is -0.476 e. The van der Waals surface area contributed by atoms with E-state index in [1.54, 1.807) is 4.68 Å². The third-order valence-electron chi connectivity index (χ3n) is 3.83. The lowest BCUT2D eigenvalue weighted by Gasteiger charge is -2.07. The van der Waals surface area contributed by atoms with E-state index in [9.17, 15) is 9.90 Å². The van der Waals surface area contributed by atoms with E-state index in [1.807, 2.05) is 54.6 Å². The highest BCUT2D eigenvalue weighted by molar-refractivity contribution is 5.92. The van der Waals surface area contributed by atoms with Crippen molar-refractivity contribution < 1.29 is 9.90 Å². The maximum atomic E-state index is 11.5. The number of nitrogens with zero attached hydrogens (tertiary/aromatic N) is 2. The van der Waals surface area contributed by atoms with Gasteiger partial charge in [-0.2, -0.15) is 5.10 Å². The van der Waals surface area contributed by atoms with Crippen LogP contribution in [0.5, 0.6) is 0 Å². The van der Waals surface area contributed by atoms with E-state index in [-0.39, 0.29) is 5.69 Å². The molecule has 1 aliphatic carbocycles. The van der Waals surface area contributed by atoms with Crippen LogP contribution in [0.15, 0.2) is 54.6 Å². The summed E-state index contributed by atoms with van der Waals surface area (Å²) in [5.74, 6) is -0.978. The first kappa shape index (κ1) is 11.9. The first-order chi connectivity index (χ1) is 10.3. The first-order valence-corrected chi connectivity index (χ1v) is 6.74. The number of hydrogen-bond acceptors (Lipinski definition) is 2. The molecule has 0 bridgehead atoms. The summed E-state index contributed by atoms with van der Waals surface area (Å²) in [5.41, 5.74) is 4.93. The minimum absolute atomic E-state index is 0.144. The summed E-state index contributed by atoms with van der Waals surface area (Å²) in [4.78, 5) is 11.5. The van der Waals surface area contributed by atoms with Crippen LogP contribution in [0.4, 0.5) is 0 Å². The second-order valence-electron chi connectivity index (χ2n) is 5.06.